The number of carboxylic acids is 1. The maximum atomic E-state index is 13.8. The van der Waals surface area contributed by atoms with Gasteiger partial charge in [-0.25, -0.2) is 13.6 Å². The molecule has 144 valence electrons. The van der Waals surface area contributed by atoms with Gasteiger partial charge in [0, 0.05) is 37.3 Å². The standard InChI is InChI=1S/C20H17F2N3O3/c21-12-1-4-14(5-2-12)25-16-6-3-13(22)11-15(16)18(26)17(20(27)28)19(25)24-9-7-23-8-10-24/h1-6,11,23H,7-10H2,(H,27,28). The minimum absolute atomic E-state index is 0.0411. The van der Waals surface area contributed by atoms with Crippen LogP contribution >= 0.6 is 0 Å². The van der Waals surface area contributed by atoms with Gasteiger partial charge in [0.2, 0.25) is 5.43 Å². The second-order valence-corrected chi connectivity index (χ2v) is 6.54. The first-order valence-corrected chi connectivity index (χ1v) is 8.80. The van der Waals surface area contributed by atoms with Crippen molar-refractivity contribution >= 4 is 22.7 Å². The number of nitrogens with zero attached hydrogens (tertiary/aromatic N) is 2. The number of fused-ring (bicyclic) bond motifs is 1. The smallest absolute Gasteiger partial charge is 0.343 e. The molecular weight excluding hydrogens is 368 g/mol. The summed E-state index contributed by atoms with van der Waals surface area (Å²) in [6, 6.07) is 9.19. The molecule has 3 aromatic rings. The van der Waals surface area contributed by atoms with Crippen LogP contribution in [0.1, 0.15) is 10.4 Å². The van der Waals surface area contributed by atoms with Crippen LogP contribution in [0.4, 0.5) is 14.6 Å². The highest BCUT2D eigenvalue weighted by Gasteiger charge is 2.28. The van der Waals surface area contributed by atoms with Crippen LogP contribution in [0.2, 0.25) is 0 Å². The van der Waals surface area contributed by atoms with Crippen molar-refractivity contribution in [1.82, 2.24) is 9.88 Å². The van der Waals surface area contributed by atoms with E-state index in [1.54, 1.807) is 4.57 Å². The Balaban J connectivity index is 2.16. The van der Waals surface area contributed by atoms with E-state index in [-0.39, 0.29) is 11.2 Å². The zero-order valence-electron chi connectivity index (χ0n) is 14.8. The van der Waals surface area contributed by atoms with E-state index < -0.39 is 28.6 Å². The Bertz CT molecular complexity index is 1120. The minimum Gasteiger partial charge on any atom is -0.477 e. The minimum atomic E-state index is -1.39. The number of aromatic nitrogens is 1. The van der Waals surface area contributed by atoms with Crippen molar-refractivity contribution in [2.75, 3.05) is 31.1 Å². The van der Waals surface area contributed by atoms with Crippen LogP contribution in [-0.2, 0) is 0 Å². The van der Waals surface area contributed by atoms with Crippen molar-refractivity contribution in [3.63, 3.8) is 0 Å². The summed E-state index contributed by atoms with van der Waals surface area (Å²) in [5, 5.41) is 13.0. The van der Waals surface area contributed by atoms with Crippen LogP contribution in [0.15, 0.2) is 47.3 Å². The lowest BCUT2D eigenvalue weighted by molar-refractivity contribution is 0.0695. The summed E-state index contributed by atoms with van der Waals surface area (Å²) in [6.07, 6.45) is 0. The number of anilines is 1. The third-order valence-corrected chi connectivity index (χ3v) is 4.82. The number of hydrogen-bond acceptors (Lipinski definition) is 4. The van der Waals surface area contributed by atoms with Crippen molar-refractivity contribution in [2.45, 2.75) is 0 Å². The van der Waals surface area contributed by atoms with Gasteiger partial charge in [0.1, 0.15) is 23.0 Å². The van der Waals surface area contributed by atoms with Gasteiger partial charge in [0.15, 0.2) is 0 Å². The molecule has 0 saturated carbocycles. The topological polar surface area (TPSA) is 74.6 Å². The fraction of sp³-hybridized carbons (Fsp3) is 0.200. The maximum absolute atomic E-state index is 13.8. The Morgan fingerprint density at radius 3 is 2.29 bits per heavy atom. The van der Waals surface area contributed by atoms with Crippen molar-refractivity contribution in [3.05, 3.63) is 69.9 Å². The van der Waals surface area contributed by atoms with Gasteiger partial charge < -0.3 is 15.3 Å². The average molecular weight is 385 g/mol. The molecule has 1 fully saturated rings. The van der Waals surface area contributed by atoms with Gasteiger partial charge >= 0.3 is 5.97 Å². The number of rotatable bonds is 3. The molecule has 1 aliphatic heterocycles. The molecule has 28 heavy (non-hydrogen) atoms. The Kier molecular flexibility index (Phi) is 4.56. The predicted octanol–water partition coefficient (Wildman–Crippen LogP) is 2.38. The summed E-state index contributed by atoms with van der Waals surface area (Å²) < 4.78 is 28.9. The number of piperazine rings is 1. The molecule has 0 bridgehead atoms. The van der Waals surface area contributed by atoms with E-state index in [2.05, 4.69) is 5.32 Å². The van der Waals surface area contributed by atoms with E-state index in [1.165, 1.54) is 36.4 Å². The van der Waals surface area contributed by atoms with Gasteiger partial charge in [-0.3, -0.25) is 9.36 Å². The molecule has 1 aromatic heterocycles. The summed E-state index contributed by atoms with van der Waals surface area (Å²) in [7, 11) is 0. The van der Waals surface area contributed by atoms with E-state index in [9.17, 15) is 23.5 Å². The highest BCUT2D eigenvalue weighted by molar-refractivity contribution is 5.99. The van der Waals surface area contributed by atoms with E-state index in [1.807, 2.05) is 4.90 Å². The van der Waals surface area contributed by atoms with Crippen molar-refractivity contribution in [1.29, 1.82) is 0 Å². The van der Waals surface area contributed by atoms with E-state index in [0.717, 1.165) is 6.07 Å². The van der Waals surface area contributed by atoms with Crippen LogP contribution in [0.5, 0.6) is 0 Å². The zero-order chi connectivity index (χ0) is 19.8. The van der Waals surface area contributed by atoms with Gasteiger partial charge in [0.25, 0.3) is 0 Å². The van der Waals surface area contributed by atoms with Crippen LogP contribution in [0, 0.1) is 11.6 Å². The largest absolute Gasteiger partial charge is 0.477 e. The third kappa shape index (κ3) is 3.01. The molecule has 1 saturated heterocycles. The number of aromatic carboxylic acids is 1. The molecule has 0 unspecified atom stereocenters. The van der Waals surface area contributed by atoms with Gasteiger partial charge in [-0.2, -0.15) is 0 Å². The Hall–Kier alpha value is -3.26. The molecule has 0 atom stereocenters. The number of nitrogens with one attached hydrogen (secondary N) is 1. The normalized spacial score (nSPS) is 14.4. The average Bonchev–Trinajstić information content (AvgIpc) is 2.69. The summed E-state index contributed by atoms with van der Waals surface area (Å²) in [4.78, 5) is 26.8. The van der Waals surface area contributed by atoms with E-state index >= 15 is 0 Å². The fourth-order valence-electron chi connectivity index (χ4n) is 3.57. The summed E-state index contributed by atoms with van der Waals surface area (Å²) >= 11 is 0. The third-order valence-electron chi connectivity index (χ3n) is 4.82. The number of carboxylic acid groups (broad SMARTS) is 1. The summed E-state index contributed by atoms with van der Waals surface area (Å²) in [5.41, 5.74) is -0.330. The van der Waals surface area contributed by atoms with Gasteiger partial charge in [-0.1, -0.05) is 0 Å². The first-order chi connectivity index (χ1) is 13.5. The second-order valence-electron chi connectivity index (χ2n) is 6.54. The van der Waals surface area contributed by atoms with Gasteiger partial charge in [-0.05, 0) is 42.5 Å². The molecule has 0 amide bonds. The maximum Gasteiger partial charge on any atom is 0.343 e. The predicted molar refractivity (Wildman–Crippen MR) is 102 cm³/mol. The highest BCUT2D eigenvalue weighted by Crippen LogP contribution is 2.29. The van der Waals surface area contributed by atoms with Crippen molar-refractivity contribution in [2.24, 2.45) is 0 Å². The Morgan fingerprint density at radius 1 is 1.00 bits per heavy atom. The molecule has 2 N–H and O–H groups in total. The first kappa shape index (κ1) is 18.1. The summed E-state index contributed by atoms with van der Waals surface area (Å²) in [5.74, 6) is -2.26. The molecule has 2 aromatic carbocycles. The number of carbonyl (C=O) groups is 1. The molecule has 2 heterocycles. The zero-order valence-corrected chi connectivity index (χ0v) is 14.8. The lowest BCUT2D eigenvalue weighted by Crippen LogP contribution is -2.46. The fourth-order valence-corrected chi connectivity index (χ4v) is 3.57. The van der Waals surface area contributed by atoms with Crippen LogP contribution in [-0.4, -0.2) is 41.8 Å². The van der Waals surface area contributed by atoms with Crippen LogP contribution in [0.3, 0.4) is 0 Å². The molecule has 0 spiro atoms. The highest BCUT2D eigenvalue weighted by atomic mass is 19.1. The molecular formula is C20H17F2N3O3. The monoisotopic (exact) mass is 385 g/mol. The Labute approximate surface area is 158 Å². The quantitative estimate of drug-likeness (QED) is 0.724. The van der Waals surface area contributed by atoms with Gasteiger partial charge in [-0.15, -0.1) is 0 Å². The van der Waals surface area contributed by atoms with E-state index in [4.69, 9.17) is 0 Å². The SMILES string of the molecule is O=C(O)c1c(N2CCNCC2)n(-c2ccc(F)cc2)c2ccc(F)cc2c1=O. The first-order valence-electron chi connectivity index (χ1n) is 8.80. The molecule has 4 rings (SSSR count). The Morgan fingerprint density at radius 2 is 1.64 bits per heavy atom. The number of pyridine rings is 1. The molecule has 8 heteroatoms. The molecule has 1 aliphatic rings. The number of halogens is 2. The van der Waals surface area contributed by atoms with E-state index in [0.29, 0.717) is 37.4 Å². The molecule has 0 radical (unpaired) electrons. The van der Waals surface area contributed by atoms with Crippen molar-refractivity contribution in [3.8, 4) is 5.69 Å². The lowest BCUT2D eigenvalue weighted by atomic mass is 10.1. The lowest BCUT2D eigenvalue weighted by Gasteiger charge is -2.33. The van der Waals surface area contributed by atoms with Crippen LogP contribution in [0.25, 0.3) is 16.6 Å². The second kappa shape index (κ2) is 7.05. The number of benzene rings is 2. The number of hydrogen-bond donors (Lipinski definition) is 2. The molecule has 0 aliphatic carbocycles. The summed E-state index contributed by atoms with van der Waals surface area (Å²) in [6.45, 7) is 2.23. The van der Waals surface area contributed by atoms with Crippen LogP contribution < -0.4 is 15.6 Å². The van der Waals surface area contributed by atoms with Gasteiger partial charge in [0.05, 0.1) is 5.52 Å². The van der Waals surface area contributed by atoms with Crippen molar-refractivity contribution < 1.29 is 18.7 Å². The molecule has 6 nitrogen and oxygen atoms in total.